The third-order valence-corrected chi connectivity index (χ3v) is 4.43. The first-order chi connectivity index (χ1) is 11.1. The average Bonchev–Trinajstić information content (AvgIpc) is 3.01. The number of carbonyl (C=O) groups is 1. The number of carbonyl (C=O) groups excluding carboxylic acids is 1. The number of nitrogens with zero attached hydrogens (tertiary/aromatic N) is 1. The van der Waals surface area contributed by atoms with Gasteiger partial charge in [-0.3, -0.25) is 4.79 Å². The predicted molar refractivity (Wildman–Crippen MR) is 85.2 cm³/mol. The van der Waals surface area contributed by atoms with Crippen molar-refractivity contribution in [2.45, 2.75) is 18.0 Å². The Labute approximate surface area is 138 Å². The van der Waals surface area contributed by atoms with Gasteiger partial charge in [-0.15, -0.1) is 0 Å². The molecule has 3 rings (SSSR count). The van der Waals surface area contributed by atoms with Gasteiger partial charge in [0.1, 0.15) is 0 Å². The molecule has 2 aromatic rings. The first kappa shape index (κ1) is 15.5. The summed E-state index contributed by atoms with van der Waals surface area (Å²) in [7, 11) is 0. The van der Waals surface area contributed by atoms with E-state index in [0.29, 0.717) is 16.5 Å². The molecule has 1 aromatic heterocycles. The van der Waals surface area contributed by atoms with Crippen molar-refractivity contribution in [3.8, 4) is 11.5 Å². The standard InChI is InChI=1S/C16H16N2O4S/c1-11(12-5-6-13-14(8-12)22-10-21-13)17-15(19)9-23-16-4-2-3-7-18(16)20/h2-8,11H,9-10H2,1H3,(H,17,19)/t11-/m1/s1. The van der Waals surface area contributed by atoms with Gasteiger partial charge in [0.25, 0.3) is 5.03 Å². The minimum absolute atomic E-state index is 0.135. The fraction of sp³-hybridized carbons (Fsp3) is 0.250. The van der Waals surface area contributed by atoms with Crippen LogP contribution in [0.4, 0.5) is 0 Å². The van der Waals surface area contributed by atoms with Gasteiger partial charge in [0.05, 0.1) is 11.8 Å². The number of amides is 1. The Kier molecular flexibility index (Phi) is 4.57. The lowest BCUT2D eigenvalue weighted by Gasteiger charge is -2.14. The third kappa shape index (κ3) is 3.68. The summed E-state index contributed by atoms with van der Waals surface area (Å²) in [5.41, 5.74) is 0.936. The van der Waals surface area contributed by atoms with Crippen LogP contribution in [0.3, 0.4) is 0 Å². The van der Waals surface area contributed by atoms with Crippen LogP contribution in [-0.4, -0.2) is 18.5 Å². The Morgan fingerprint density at radius 2 is 2.17 bits per heavy atom. The van der Waals surface area contributed by atoms with Gasteiger partial charge in [-0.25, -0.2) is 0 Å². The van der Waals surface area contributed by atoms with E-state index in [4.69, 9.17) is 9.47 Å². The first-order valence-corrected chi connectivity index (χ1v) is 8.12. The molecule has 6 nitrogen and oxygen atoms in total. The molecule has 0 bridgehead atoms. The van der Waals surface area contributed by atoms with Gasteiger partial charge in [-0.2, -0.15) is 4.73 Å². The van der Waals surface area contributed by atoms with Gasteiger partial charge in [0.2, 0.25) is 12.7 Å². The second-order valence-electron chi connectivity index (χ2n) is 5.06. The number of rotatable bonds is 5. The molecule has 1 aliphatic heterocycles. The molecule has 120 valence electrons. The van der Waals surface area contributed by atoms with E-state index in [2.05, 4.69) is 5.32 Å². The van der Waals surface area contributed by atoms with E-state index >= 15 is 0 Å². The highest BCUT2D eigenvalue weighted by molar-refractivity contribution is 7.99. The van der Waals surface area contributed by atoms with E-state index in [1.165, 1.54) is 18.0 Å². The fourth-order valence-electron chi connectivity index (χ4n) is 2.21. The van der Waals surface area contributed by atoms with E-state index in [0.717, 1.165) is 10.3 Å². The minimum atomic E-state index is -0.159. The molecule has 0 unspecified atom stereocenters. The zero-order chi connectivity index (χ0) is 16.2. The molecule has 0 radical (unpaired) electrons. The summed E-state index contributed by atoms with van der Waals surface area (Å²) >= 11 is 1.21. The fourth-order valence-corrected chi connectivity index (χ4v) is 2.94. The molecule has 23 heavy (non-hydrogen) atoms. The van der Waals surface area contributed by atoms with Crippen molar-refractivity contribution in [3.05, 3.63) is 53.4 Å². The highest BCUT2D eigenvalue weighted by atomic mass is 32.2. The summed E-state index contributed by atoms with van der Waals surface area (Å²) < 4.78 is 11.4. The Morgan fingerprint density at radius 3 is 3.00 bits per heavy atom. The maximum absolute atomic E-state index is 12.0. The van der Waals surface area contributed by atoms with Crippen LogP contribution in [0.15, 0.2) is 47.6 Å². The molecule has 7 heteroatoms. The highest BCUT2D eigenvalue weighted by Crippen LogP contribution is 2.34. The lowest BCUT2D eigenvalue weighted by molar-refractivity contribution is -0.645. The van der Waals surface area contributed by atoms with Gasteiger partial charge in [-0.05, 0) is 42.4 Å². The van der Waals surface area contributed by atoms with E-state index in [9.17, 15) is 10.0 Å². The van der Waals surface area contributed by atoms with Crippen molar-refractivity contribution >= 4 is 17.7 Å². The maximum atomic E-state index is 12.0. The van der Waals surface area contributed by atoms with Gasteiger partial charge < -0.3 is 20.0 Å². The zero-order valence-corrected chi connectivity index (χ0v) is 13.3. The second kappa shape index (κ2) is 6.78. The molecule has 1 amide bonds. The monoisotopic (exact) mass is 332 g/mol. The first-order valence-electron chi connectivity index (χ1n) is 7.13. The Balaban J connectivity index is 1.56. The summed E-state index contributed by atoms with van der Waals surface area (Å²) in [5, 5.41) is 14.9. The average molecular weight is 332 g/mol. The largest absolute Gasteiger partial charge is 0.618 e. The van der Waals surface area contributed by atoms with Crippen molar-refractivity contribution in [2.75, 3.05) is 12.5 Å². The minimum Gasteiger partial charge on any atom is -0.618 e. The van der Waals surface area contributed by atoms with Gasteiger partial charge in [0.15, 0.2) is 17.7 Å². The maximum Gasteiger partial charge on any atom is 0.251 e. The Bertz CT molecular complexity index is 723. The van der Waals surface area contributed by atoms with Crippen LogP contribution >= 0.6 is 11.8 Å². The molecule has 0 aliphatic carbocycles. The number of hydrogen-bond donors (Lipinski definition) is 1. The van der Waals surface area contributed by atoms with Crippen molar-refractivity contribution in [3.63, 3.8) is 0 Å². The SMILES string of the molecule is C[C@@H](NC(=O)CSc1cccc[n+]1[O-])c1ccc2c(c1)OCO2. The molecule has 0 fully saturated rings. The zero-order valence-electron chi connectivity index (χ0n) is 12.5. The Hall–Kier alpha value is -2.41. The van der Waals surface area contributed by atoms with E-state index < -0.39 is 0 Å². The van der Waals surface area contributed by atoms with Crippen molar-refractivity contribution < 1.29 is 19.0 Å². The Morgan fingerprint density at radius 1 is 1.35 bits per heavy atom. The lowest BCUT2D eigenvalue weighted by atomic mass is 10.1. The molecule has 1 aromatic carbocycles. The van der Waals surface area contributed by atoms with Crippen LogP contribution in [0.25, 0.3) is 0 Å². The molecular formula is C16H16N2O4S. The van der Waals surface area contributed by atoms with E-state index in [1.54, 1.807) is 18.2 Å². The molecular weight excluding hydrogens is 316 g/mol. The second-order valence-corrected chi connectivity index (χ2v) is 6.05. The number of pyridine rings is 1. The van der Waals surface area contributed by atoms with Crippen LogP contribution in [-0.2, 0) is 4.79 Å². The molecule has 0 spiro atoms. The van der Waals surface area contributed by atoms with Crippen LogP contribution in [0, 0.1) is 5.21 Å². The van der Waals surface area contributed by atoms with Crippen LogP contribution in [0.1, 0.15) is 18.5 Å². The summed E-state index contributed by atoms with van der Waals surface area (Å²) in [6.45, 7) is 2.12. The summed E-state index contributed by atoms with van der Waals surface area (Å²) in [6.07, 6.45) is 1.41. The van der Waals surface area contributed by atoms with Crippen molar-refractivity contribution in [1.82, 2.24) is 5.32 Å². The number of hydrogen-bond acceptors (Lipinski definition) is 5. The number of benzene rings is 1. The molecule has 0 saturated carbocycles. The predicted octanol–water partition coefficient (Wildman–Crippen LogP) is 2.02. The van der Waals surface area contributed by atoms with E-state index in [1.807, 2.05) is 25.1 Å². The number of aromatic nitrogens is 1. The van der Waals surface area contributed by atoms with Crippen LogP contribution in [0.5, 0.6) is 11.5 Å². The van der Waals surface area contributed by atoms with Gasteiger partial charge >= 0.3 is 0 Å². The van der Waals surface area contributed by atoms with Crippen molar-refractivity contribution in [1.29, 1.82) is 0 Å². The summed E-state index contributed by atoms with van der Waals surface area (Å²) in [6, 6.07) is 10.5. The lowest BCUT2D eigenvalue weighted by Crippen LogP contribution is -2.31. The topological polar surface area (TPSA) is 74.5 Å². The molecule has 1 atom stereocenters. The molecule has 1 N–H and O–H groups in total. The normalized spacial score (nSPS) is 13.6. The van der Waals surface area contributed by atoms with Crippen LogP contribution in [0.2, 0.25) is 0 Å². The summed E-state index contributed by atoms with van der Waals surface area (Å²) in [5.74, 6) is 1.45. The molecule has 1 aliphatic rings. The third-order valence-electron chi connectivity index (χ3n) is 3.41. The van der Waals surface area contributed by atoms with E-state index in [-0.39, 0.29) is 24.5 Å². The smallest absolute Gasteiger partial charge is 0.251 e. The summed E-state index contributed by atoms with van der Waals surface area (Å²) in [4.78, 5) is 12.0. The van der Waals surface area contributed by atoms with Crippen molar-refractivity contribution in [2.24, 2.45) is 0 Å². The highest BCUT2D eigenvalue weighted by Gasteiger charge is 2.17. The quantitative estimate of drug-likeness (QED) is 0.515. The number of nitrogens with one attached hydrogen (secondary N) is 1. The molecule has 2 heterocycles. The number of ether oxygens (including phenoxy) is 2. The number of thioether (sulfide) groups is 1. The van der Waals surface area contributed by atoms with Crippen LogP contribution < -0.4 is 19.5 Å². The van der Waals surface area contributed by atoms with Gasteiger partial charge in [-0.1, -0.05) is 6.07 Å². The molecule has 0 saturated heterocycles. The van der Waals surface area contributed by atoms with Gasteiger partial charge in [0, 0.05) is 12.1 Å². The number of fused-ring (bicyclic) bond motifs is 1.